The summed E-state index contributed by atoms with van der Waals surface area (Å²) in [5.74, 6) is 1.17. The van der Waals surface area contributed by atoms with Gasteiger partial charge in [-0.25, -0.2) is 9.37 Å². The Morgan fingerprint density at radius 2 is 1.50 bits per heavy atom. The smallest absolute Gasteiger partial charge is 0.148 e. The molecular formula is C34H34FN5O2. The topological polar surface area (TPSA) is 66.6 Å². The molecule has 8 heteroatoms. The lowest BCUT2D eigenvalue weighted by atomic mass is 10.0. The van der Waals surface area contributed by atoms with Crippen molar-refractivity contribution in [2.24, 2.45) is 7.05 Å². The fourth-order valence-corrected chi connectivity index (χ4v) is 5.26. The summed E-state index contributed by atoms with van der Waals surface area (Å²) in [6.45, 7) is 3.19. The minimum Gasteiger partial charge on any atom is -0.497 e. The van der Waals surface area contributed by atoms with E-state index in [1.807, 2.05) is 60.8 Å². The predicted molar refractivity (Wildman–Crippen MR) is 165 cm³/mol. The summed E-state index contributed by atoms with van der Waals surface area (Å²) in [7, 11) is 7.14. The summed E-state index contributed by atoms with van der Waals surface area (Å²) in [4.78, 5) is 8.93. The first-order chi connectivity index (χ1) is 20.3. The lowest BCUT2D eigenvalue weighted by Gasteiger charge is -2.29. The van der Waals surface area contributed by atoms with Crippen LogP contribution in [0.2, 0.25) is 0 Å². The van der Waals surface area contributed by atoms with Crippen LogP contribution in [0.15, 0.2) is 79.1 Å². The van der Waals surface area contributed by atoms with Gasteiger partial charge in [0, 0.05) is 32.9 Å². The molecule has 0 bridgehead atoms. The van der Waals surface area contributed by atoms with Crippen LogP contribution in [0.1, 0.15) is 29.2 Å². The van der Waals surface area contributed by atoms with Crippen molar-refractivity contribution in [2.45, 2.75) is 26.4 Å². The molecule has 0 atom stereocenters. The van der Waals surface area contributed by atoms with Gasteiger partial charge in [-0.1, -0.05) is 31.2 Å². The van der Waals surface area contributed by atoms with E-state index < -0.39 is 5.82 Å². The number of anilines is 3. The summed E-state index contributed by atoms with van der Waals surface area (Å²) >= 11 is 0. The highest BCUT2D eigenvalue weighted by molar-refractivity contribution is 5.93. The maximum atomic E-state index is 15.5. The number of aryl methyl sites for hydroxylation is 2. The summed E-state index contributed by atoms with van der Waals surface area (Å²) < 4.78 is 28.2. The molecule has 1 aromatic heterocycles. The highest BCUT2D eigenvalue weighted by Crippen LogP contribution is 2.38. The first kappa shape index (κ1) is 28.5. The Morgan fingerprint density at radius 1 is 0.905 bits per heavy atom. The third-order valence-electron chi connectivity index (χ3n) is 7.58. The molecule has 0 saturated carbocycles. The number of rotatable bonds is 10. The maximum absolute atomic E-state index is 15.5. The molecule has 0 aliphatic heterocycles. The van der Waals surface area contributed by atoms with E-state index in [9.17, 15) is 5.26 Å². The van der Waals surface area contributed by atoms with Gasteiger partial charge in [0.25, 0.3) is 0 Å². The van der Waals surface area contributed by atoms with Gasteiger partial charge in [-0.05, 0) is 71.6 Å². The largest absolute Gasteiger partial charge is 0.497 e. The molecule has 1 heterocycles. The molecule has 0 fully saturated rings. The Morgan fingerprint density at radius 3 is 2.02 bits per heavy atom. The van der Waals surface area contributed by atoms with Gasteiger partial charge in [0.2, 0.25) is 0 Å². The summed E-state index contributed by atoms with van der Waals surface area (Å²) in [5.41, 5.74) is 7.28. The number of nitriles is 1. The SMILES string of the molecule is CCc1cc(C#N)cc(F)c1N(C)c1cc(N(Cc2ccc(OC)cc2)Cc2ccc(OC)cc2)c2ncn(C)c2c1. The second kappa shape index (κ2) is 12.2. The average Bonchev–Trinajstić information content (AvgIpc) is 3.40. The zero-order valence-electron chi connectivity index (χ0n) is 24.6. The van der Waals surface area contributed by atoms with Gasteiger partial charge in [0.05, 0.1) is 49.1 Å². The number of ether oxygens (including phenoxy) is 2. The number of methoxy groups -OCH3 is 2. The molecule has 42 heavy (non-hydrogen) atoms. The number of imidazole rings is 1. The van der Waals surface area contributed by atoms with E-state index >= 15 is 4.39 Å². The number of benzene rings is 4. The molecule has 5 rings (SSSR count). The lowest BCUT2D eigenvalue weighted by Crippen LogP contribution is -2.23. The first-order valence-corrected chi connectivity index (χ1v) is 13.8. The molecule has 0 aliphatic carbocycles. The van der Waals surface area contributed by atoms with E-state index in [2.05, 4.69) is 41.3 Å². The second-order valence-electron chi connectivity index (χ2n) is 10.2. The Kier molecular flexibility index (Phi) is 8.30. The molecule has 0 aliphatic rings. The predicted octanol–water partition coefficient (Wildman–Crippen LogP) is 7.14. The molecule has 0 spiro atoms. The molecule has 4 aromatic carbocycles. The van der Waals surface area contributed by atoms with E-state index in [-0.39, 0.29) is 0 Å². The fraction of sp³-hybridized carbons (Fsp3) is 0.235. The van der Waals surface area contributed by atoms with Crippen LogP contribution in [-0.4, -0.2) is 30.8 Å². The third-order valence-corrected chi connectivity index (χ3v) is 7.58. The zero-order valence-corrected chi connectivity index (χ0v) is 24.6. The van der Waals surface area contributed by atoms with E-state index in [1.54, 1.807) is 26.6 Å². The summed E-state index contributed by atoms with van der Waals surface area (Å²) in [5, 5.41) is 9.39. The van der Waals surface area contributed by atoms with Crippen LogP contribution in [0.25, 0.3) is 11.0 Å². The van der Waals surface area contributed by atoms with Crippen molar-refractivity contribution in [1.29, 1.82) is 5.26 Å². The van der Waals surface area contributed by atoms with Crippen molar-refractivity contribution in [3.8, 4) is 17.6 Å². The molecule has 0 saturated heterocycles. The van der Waals surface area contributed by atoms with Crippen molar-refractivity contribution in [3.05, 3.63) is 107 Å². The van der Waals surface area contributed by atoms with E-state index in [0.29, 0.717) is 30.8 Å². The standard InChI is InChI=1S/C34H34FN5O2/c1-6-26-15-25(19-36)16-30(35)34(26)39(3)27-17-31-33(37-22-38(31)2)32(18-27)40(20-23-7-11-28(41-4)12-8-23)21-24-9-13-29(42-5)14-10-24/h7-18,22H,6,20-21H2,1-5H3. The van der Waals surface area contributed by atoms with Gasteiger partial charge in [-0.3, -0.25) is 0 Å². The number of fused-ring (bicyclic) bond motifs is 1. The Balaban J connectivity index is 1.64. The molecule has 0 unspecified atom stereocenters. The van der Waals surface area contributed by atoms with Crippen LogP contribution in [-0.2, 0) is 26.6 Å². The average molecular weight is 564 g/mol. The number of hydrogen-bond donors (Lipinski definition) is 0. The molecule has 0 amide bonds. The highest BCUT2D eigenvalue weighted by atomic mass is 19.1. The summed E-state index contributed by atoms with van der Waals surface area (Å²) in [6, 6.07) is 25.3. The molecule has 7 nitrogen and oxygen atoms in total. The van der Waals surface area contributed by atoms with Gasteiger partial charge >= 0.3 is 0 Å². The van der Waals surface area contributed by atoms with Gasteiger partial charge < -0.3 is 23.8 Å². The number of hydrogen-bond acceptors (Lipinski definition) is 6. The van der Waals surface area contributed by atoms with Crippen LogP contribution in [0, 0.1) is 17.1 Å². The van der Waals surface area contributed by atoms with E-state index in [0.717, 1.165) is 50.6 Å². The fourth-order valence-electron chi connectivity index (χ4n) is 5.26. The van der Waals surface area contributed by atoms with Gasteiger partial charge in [-0.15, -0.1) is 0 Å². The van der Waals surface area contributed by atoms with Gasteiger partial charge in [0.1, 0.15) is 22.8 Å². The highest BCUT2D eigenvalue weighted by Gasteiger charge is 2.21. The van der Waals surface area contributed by atoms with Gasteiger partial charge in [0.15, 0.2) is 0 Å². The van der Waals surface area contributed by atoms with Crippen molar-refractivity contribution < 1.29 is 13.9 Å². The molecule has 0 N–H and O–H groups in total. The first-order valence-electron chi connectivity index (χ1n) is 13.8. The Hall–Kier alpha value is -5.03. The van der Waals surface area contributed by atoms with Gasteiger partial charge in [-0.2, -0.15) is 5.26 Å². The second-order valence-corrected chi connectivity index (χ2v) is 10.2. The molecule has 0 radical (unpaired) electrons. The van der Waals surface area contributed by atoms with Crippen molar-refractivity contribution >= 4 is 28.1 Å². The minimum absolute atomic E-state index is 0.314. The Labute approximate surface area is 246 Å². The van der Waals surface area contributed by atoms with Crippen LogP contribution in [0.5, 0.6) is 11.5 Å². The monoisotopic (exact) mass is 563 g/mol. The van der Waals surface area contributed by atoms with E-state index in [1.165, 1.54) is 6.07 Å². The molecule has 214 valence electrons. The number of halogens is 1. The minimum atomic E-state index is -0.423. The summed E-state index contributed by atoms with van der Waals surface area (Å²) in [6.07, 6.45) is 2.39. The quantitative estimate of drug-likeness (QED) is 0.180. The normalized spacial score (nSPS) is 10.9. The maximum Gasteiger partial charge on any atom is 0.148 e. The molecule has 5 aromatic rings. The van der Waals surface area contributed by atoms with E-state index in [4.69, 9.17) is 14.5 Å². The van der Waals surface area contributed by atoms with Crippen LogP contribution < -0.4 is 19.3 Å². The van der Waals surface area contributed by atoms with Crippen molar-refractivity contribution in [1.82, 2.24) is 9.55 Å². The van der Waals surface area contributed by atoms with Crippen LogP contribution in [0.3, 0.4) is 0 Å². The third kappa shape index (κ3) is 5.72. The van der Waals surface area contributed by atoms with Crippen molar-refractivity contribution in [2.75, 3.05) is 31.1 Å². The van der Waals surface area contributed by atoms with Crippen molar-refractivity contribution in [3.63, 3.8) is 0 Å². The number of aromatic nitrogens is 2. The van der Waals surface area contributed by atoms with Crippen LogP contribution >= 0.6 is 0 Å². The Bertz CT molecular complexity index is 1690. The molecular weight excluding hydrogens is 529 g/mol. The number of nitrogens with zero attached hydrogens (tertiary/aromatic N) is 5. The lowest BCUT2D eigenvalue weighted by molar-refractivity contribution is 0.414. The zero-order chi connectivity index (χ0) is 29.8. The van der Waals surface area contributed by atoms with Crippen LogP contribution in [0.4, 0.5) is 21.5 Å².